The van der Waals surface area contributed by atoms with E-state index in [2.05, 4.69) is 36.4 Å². The van der Waals surface area contributed by atoms with Gasteiger partial charge in [-0.25, -0.2) is 0 Å². The highest BCUT2D eigenvalue weighted by Crippen LogP contribution is 2.20. The van der Waals surface area contributed by atoms with Gasteiger partial charge in [-0.1, -0.05) is 25.6 Å². The lowest BCUT2D eigenvalue weighted by Crippen LogP contribution is -2.61. The molecule has 5 heteroatoms. The summed E-state index contributed by atoms with van der Waals surface area (Å²) in [7, 11) is -1.43. The predicted octanol–water partition coefficient (Wildman–Crippen LogP) is 0.543. The largest absolute Gasteiger partial charge is 0.464 e. The Kier molecular flexibility index (Phi) is 3.76. The minimum Gasteiger partial charge on any atom is -0.464 e. The van der Waals surface area contributed by atoms with Gasteiger partial charge in [0.2, 0.25) is 5.91 Å². The van der Waals surface area contributed by atoms with E-state index < -0.39 is 14.2 Å². The van der Waals surface area contributed by atoms with Gasteiger partial charge in [-0.15, -0.1) is 5.54 Å². The molecule has 1 rings (SSSR count). The first-order valence-corrected chi connectivity index (χ1v) is 8.77. The Hall–Kier alpha value is -1.28. The molecular weight excluding hydrogens is 222 g/mol. The van der Waals surface area contributed by atoms with Gasteiger partial charge in [0, 0.05) is 0 Å². The topological polar surface area (TPSA) is 55.4 Å². The van der Waals surface area contributed by atoms with Crippen LogP contribution in [0, 0.1) is 17.4 Å². The number of carbonyl (C=O) groups is 2. The van der Waals surface area contributed by atoms with Gasteiger partial charge in [0.15, 0.2) is 0 Å². The van der Waals surface area contributed by atoms with Crippen LogP contribution in [0.5, 0.6) is 0 Å². The molecule has 0 saturated carbocycles. The van der Waals surface area contributed by atoms with Crippen molar-refractivity contribution in [3.8, 4) is 11.5 Å². The molecule has 0 unspecified atom stereocenters. The maximum Gasteiger partial charge on any atom is 0.293 e. The van der Waals surface area contributed by atoms with Gasteiger partial charge in [0.25, 0.3) is 6.47 Å². The highest BCUT2D eigenvalue weighted by Gasteiger charge is 2.43. The van der Waals surface area contributed by atoms with Crippen LogP contribution in [-0.4, -0.2) is 32.6 Å². The van der Waals surface area contributed by atoms with E-state index >= 15 is 0 Å². The molecule has 0 bridgehead atoms. The van der Waals surface area contributed by atoms with E-state index in [-0.39, 0.29) is 17.9 Å². The third-order valence-corrected chi connectivity index (χ3v) is 3.23. The zero-order valence-corrected chi connectivity index (χ0v) is 11.0. The van der Waals surface area contributed by atoms with Crippen LogP contribution < -0.4 is 5.32 Å². The summed E-state index contributed by atoms with van der Waals surface area (Å²) in [6.45, 7) is 8.50. The van der Waals surface area contributed by atoms with Gasteiger partial charge in [-0.2, -0.15) is 0 Å². The van der Waals surface area contributed by atoms with Crippen LogP contribution in [0.15, 0.2) is 0 Å². The molecule has 1 aliphatic rings. The molecule has 0 spiro atoms. The molecule has 0 aromatic carbocycles. The second-order valence-corrected chi connectivity index (χ2v) is 9.72. The summed E-state index contributed by atoms with van der Waals surface area (Å²) >= 11 is 0. The molecule has 0 radical (unpaired) electrons. The minimum absolute atomic E-state index is 0.0933. The van der Waals surface area contributed by atoms with Crippen LogP contribution in [0.3, 0.4) is 0 Å². The first-order valence-electron chi connectivity index (χ1n) is 5.27. The summed E-state index contributed by atoms with van der Waals surface area (Å²) in [5.74, 6) is 2.64. The Balaban J connectivity index is 2.66. The van der Waals surface area contributed by atoms with Crippen molar-refractivity contribution < 1.29 is 14.3 Å². The lowest BCUT2D eigenvalue weighted by atomic mass is 9.86. The molecule has 0 aromatic heterocycles. The third kappa shape index (κ3) is 3.10. The lowest BCUT2D eigenvalue weighted by molar-refractivity contribution is -0.147. The van der Waals surface area contributed by atoms with Crippen molar-refractivity contribution in [2.75, 3.05) is 0 Å². The summed E-state index contributed by atoms with van der Waals surface area (Å²) in [6.07, 6.45) is -0.410. The Bertz CT molecular complexity index is 350. The van der Waals surface area contributed by atoms with Crippen LogP contribution >= 0.6 is 0 Å². The first kappa shape index (κ1) is 12.8. The van der Waals surface area contributed by atoms with Crippen LogP contribution in [0.4, 0.5) is 0 Å². The standard InChI is InChI=1S/C11H17NO3Si/c1-8(15-7-13)10-9(12-11(10)14)5-6-16(2,3)4/h7-10H,1-4H3,(H,12,14)/t8-,9+,10-/m0/s1. The Morgan fingerprint density at radius 2 is 2.12 bits per heavy atom. The summed E-state index contributed by atoms with van der Waals surface area (Å²) in [5, 5.41) is 2.72. The van der Waals surface area contributed by atoms with Gasteiger partial charge in [-0.3, -0.25) is 9.59 Å². The highest BCUT2D eigenvalue weighted by molar-refractivity contribution is 6.83. The highest BCUT2D eigenvalue weighted by atomic mass is 28.3. The molecule has 1 N–H and O–H groups in total. The quantitative estimate of drug-likeness (QED) is 0.338. The van der Waals surface area contributed by atoms with Gasteiger partial charge in [0.05, 0.1) is 0 Å². The molecule has 0 aromatic rings. The molecule has 1 heterocycles. The third-order valence-electron chi connectivity index (χ3n) is 2.34. The molecule has 88 valence electrons. The molecule has 1 fully saturated rings. The van der Waals surface area contributed by atoms with Crippen LogP contribution in [0.25, 0.3) is 0 Å². The Labute approximate surface area is 96.7 Å². The van der Waals surface area contributed by atoms with Crippen molar-refractivity contribution >= 4 is 20.5 Å². The minimum atomic E-state index is -1.43. The van der Waals surface area contributed by atoms with Gasteiger partial charge < -0.3 is 10.1 Å². The summed E-state index contributed by atoms with van der Waals surface area (Å²) in [5.41, 5.74) is 3.20. The average molecular weight is 239 g/mol. The number of amides is 1. The van der Waals surface area contributed by atoms with E-state index in [4.69, 9.17) is 4.74 Å². The summed E-state index contributed by atoms with van der Waals surface area (Å²) in [6, 6.07) is -0.172. The number of hydrogen-bond acceptors (Lipinski definition) is 3. The normalized spacial score (nSPS) is 25.6. The van der Waals surface area contributed by atoms with E-state index in [1.54, 1.807) is 6.92 Å². The van der Waals surface area contributed by atoms with Gasteiger partial charge in [-0.05, 0) is 6.92 Å². The Morgan fingerprint density at radius 1 is 1.50 bits per heavy atom. The van der Waals surface area contributed by atoms with E-state index in [0.717, 1.165) is 0 Å². The molecule has 1 amide bonds. The monoisotopic (exact) mass is 239 g/mol. The SMILES string of the molecule is C[C@H](OC=O)[C@@H]1C(=O)N[C@@H]1C#C[Si](C)(C)C. The van der Waals surface area contributed by atoms with Crippen LogP contribution in [0.1, 0.15) is 6.92 Å². The van der Waals surface area contributed by atoms with E-state index in [0.29, 0.717) is 6.47 Å². The van der Waals surface area contributed by atoms with Crippen molar-refractivity contribution in [2.45, 2.75) is 38.7 Å². The number of nitrogens with one attached hydrogen (secondary N) is 1. The van der Waals surface area contributed by atoms with Crippen molar-refractivity contribution in [2.24, 2.45) is 5.92 Å². The zero-order chi connectivity index (χ0) is 12.3. The Morgan fingerprint density at radius 3 is 2.56 bits per heavy atom. The lowest BCUT2D eigenvalue weighted by Gasteiger charge is -2.36. The fraction of sp³-hybridized carbons (Fsp3) is 0.636. The number of hydrogen-bond donors (Lipinski definition) is 1. The molecule has 16 heavy (non-hydrogen) atoms. The van der Waals surface area contributed by atoms with Crippen LogP contribution in [-0.2, 0) is 14.3 Å². The van der Waals surface area contributed by atoms with Crippen molar-refractivity contribution in [3.05, 3.63) is 0 Å². The van der Waals surface area contributed by atoms with Gasteiger partial charge >= 0.3 is 0 Å². The summed E-state index contributed by atoms with van der Waals surface area (Å²) in [4.78, 5) is 21.5. The number of ether oxygens (including phenoxy) is 1. The van der Waals surface area contributed by atoms with Crippen molar-refractivity contribution in [3.63, 3.8) is 0 Å². The van der Waals surface area contributed by atoms with Gasteiger partial charge in [0.1, 0.15) is 26.1 Å². The molecular formula is C11H17NO3Si. The predicted molar refractivity (Wildman–Crippen MR) is 63.2 cm³/mol. The van der Waals surface area contributed by atoms with Crippen molar-refractivity contribution in [1.82, 2.24) is 5.32 Å². The summed E-state index contributed by atoms with van der Waals surface area (Å²) < 4.78 is 4.78. The second-order valence-electron chi connectivity index (χ2n) is 4.97. The second kappa shape index (κ2) is 4.70. The first-order chi connectivity index (χ1) is 7.35. The van der Waals surface area contributed by atoms with E-state index in [9.17, 15) is 9.59 Å². The molecule has 1 saturated heterocycles. The molecule has 3 atom stereocenters. The zero-order valence-electron chi connectivity index (χ0n) is 10.0. The fourth-order valence-electron chi connectivity index (χ4n) is 1.47. The molecule has 0 aliphatic carbocycles. The van der Waals surface area contributed by atoms with E-state index in [1.165, 1.54) is 0 Å². The maximum absolute atomic E-state index is 11.3. The van der Waals surface area contributed by atoms with E-state index in [1.807, 2.05) is 0 Å². The average Bonchev–Trinajstić information content (AvgIpc) is 2.10. The fourth-order valence-corrected chi connectivity index (χ4v) is 2.06. The van der Waals surface area contributed by atoms with Crippen molar-refractivity contribution in [1.29, 1.82) is 0 Å². The smallest absolute Gasteiger partial charge is 0.293 e. The maximum atomic E-state index is 11.3. The molecule has 4 nitrogen and oxygen atoms in total. The van der Waals surface area contributed by atoms with Crippen LogP contribution in [0.2, 0.25) is 19.6 Å². The number of rotatable bonds is 3. The number of β-lactam (4-membered cyclic amide) rings is 1. The number of carbonyl (C=O) groups excluding carboxylic acids is 2. The molecule has 1 aliphatic heterocycles.